The van der Waals surface area contributed by atoms with Crippen LogP contribution in [0.4, 0.5) is 0 Å². The van der Waals surface area contributed by atoms with Crippen LogP contribution in [0.15, 0.2) is 41.8 Å². The van der Waals surface area contributed by atoms with E-state index in [1.807, 2.05) is 24.5 Å². The number of aromatic nitrogens is 2. The molecule has 1 aliphatic rings. The van der Waals surface area contributed by atoms with Crippen molar-refractivity contribution in [1.82, 2.24) is 9.97 Å². The van der Waals surface area contributed by atoms with Gasteiger partial charge in [0.05, 0.1) is 6.10 Å². The molecule has 1 saturated heterocycles. The monoisotopic (exact) mass is 442 g/mol. The van der Waals surface area contributed by atoms with E-state index in [1.165, 1.54) is 51.4 Å². The Kier molecular flexibility index (Phi) is 10.7. The number of hydrogen-bond acceptors (Lipinski definition) is 5. The highest BCUT2D eigenvalue weighted by Crippen LogP contribution is 2.28. The van der Waals surface area contributed by atoms with Crippen LogP contribution in [0.2, 0.25) is 0 Å². The van der Waals surface area contributed by atoms with Gasteiger partial charge in [0.1, 0.15) is 18.5 Å². The van der Waals surface area contributed by atoms with Gasteiger partial charge in [-0.25, -0.2) is 9.97 Å². The van der Waals surface area contributed by atoms with E-state index in [4.69, 9.17) is 9.47 Å². The Morgan fingerprint density at radius 2 is 1.48 bits per heavy atom. The molecule has 0 saturated carbocycles. The van der Waals surface area contributed by atoms with Crippen molar-refractivity contribution in [2.45, 2.75) is 95.4 Å². The molecule has 2 atom stereocenters. The fourth-order valence-electron chi connectivity index (χ4n) is 3.73. The van der Waals surface area contributed by atoms with E-state index in [-0.39, 0.29) is 6.10 Å². The highest BCUT2D eigenvalue weighted by Gasteiger charge is 2.38. The van der Waals surface area contributed by atoms with Gasteiger partial charge in [-0.2, -0.15) is 0 Å². The first-order chi connectivity index (χ1) is 15.3. The lowest BCUT2D eigenvalue weighted by atomic mass is 10.1. The van der Waals surface area contributed by atoms with Gasteiger partial charge in [-0.05, 0) is 30.5 Å². The molecule has 31 heavy (non-hydrogen) atoms. The molecule has 0 amide bonds. The summed E-state index contributed by atoms with van der Waals surface area (Å²) in [6, 6.07) is 8.16. The zero-order chi connectivity index (χ0) is 21.7. The minimum absolute atomic E-state index is 0.267. The van der Waals surface area contributed by atoms with Gasteiger partial charge in [-0.1, -0.05) is 89.1 Å². The molecule has 1 aromatic heterocycles. The number of nitrogens with zero attached hydrogens (tertiary/aromatic N) is 2. The number of rotatable bonds is 16. The second-order valence-electron chi connectivity index (χ2n) is 8.41. The number of thioether (sulfide) groups is 1. The van der Waals surface area contributed by atoms with Gasteiger partial charge in [0.2, 0.25) is 0 Å². The average Bonchev–Trinajstić information content (AvgIpc) is 3.55. The van der Waals surface area contributed by atoms with Crippen molar-refractivity contribution < 1.29 is 9.47 Å². The zero-order valence-electron chi connectivity index (χ0n) is 19.2. The average molecular weight is 443 g/mol. The van der Waals surface area contributed by atoms with Crippen LogP contribution in [-0.2, 0) is 4.74 Å². The second kappa shape index (κ2) is 13.7. The lowest BCUT2D eigenvalue weighted by molar-refractivity contribution is 0.259. The molecule has 0 spiro atoms. The molecule has 2 aromatic rings. The highest BCUT2D eigenvalue weighted by molar-refractivity contribution is 7.99. The van der Waals surface area contributed by atoms with Gasteiger partial charge in [0.15, 0.2) is 5.16 Å². The van der Waals surface area contributed by atoms with E-state index in [0.29, 0.717) is 12.7 Å². The molecule has 0 bridgehead atoms. The lowest BCUT2D eigenvalue weighted by Crippen LogP contribution is -2.07. The minimum Gasteiger partial charge on any atom is -0.491 e. The van der Waals surface area contributed by atoms with Crippen molar-refractivity contribution in [3.63, 3.8) is 0 Å². The molecule has 2 heterocycles. The number of benzene rings is 1. The fraction of sp³-hybridized carbons (Fsp3) is 0.615. The van der Waals surface area contributed by atoms with Crippen molar-refractivity contribution in [3.8, 4) is 16.9 Å². The molecule has 3 rings (SSSR count). The lowest BCUT2D eigenvalue weighted by Gasteiger charge is -2.06. The number of hydrogen-bond donors (Lipinski definition) is 0. The van der Waals surface area contributed by atoms with Gasteiger partial charge in [-0.15, -0.1) is 0 Å². The minimum atomic E-state index is 0.267. The zero-order valence-corrected chi connectivity index (χ0v) is 20.0. The third-order valence-corrected chi connectivity index (χ3v) is 6.68. The van der Waals surface area contributed by atoms with Crippen molar-refractivity contribution in [2.24, 2.45) is 0 Å². The van der Waals surface area contributed by atoms with Crippen molar-refractivity contribution >= 4 is 11.8 Å². The van der Waals surface area contributed by atoms with E-state index < -0.39 is 0 Å². The van der Waals surface area contributed by atoms with Crippen molar-refractivity contribution in [3.05, 3.63) is 36.7 Å². The number of epoxide rings is 1. The predicted molar refractivity (Wildman–Crippen MR) is 130 cm³/mol. The normalized spacial score (nSPS) is 17.6. The Labute approximate surface area is 192 Å². The van der Waals surface area contributed by atoms with Crippen molar-refractivity contribution in [1.29, 1.82) is 0 Å². The summed E-state index contributed by atoms with van der Waals surface area (Å²) < 4.78 is 11.5. The van der Waals surface area contributed by atoms with Crippen LogP contribution in [0, 0.1) is 0 Å². The van der Waals surface area contributed by atoms with E-state index in [2.05, 4.69) is 35.9 Å². The van der Waals surface area contributed by atoms with E-state index >= 15 is 0 Å². The SMILES string of the molecule is CCCCCCCCCCSc1ncc(-c2ccc(OCC3OC3CCC)cc2)cn1. The third-order valence-electron chi connectivity index (χ3n) is 5.72. The highest BCUT2D eigenvalue weighted by atomic mass is 32.2. The summed E-state index contributed by atoms with van der Waals surface area (Å²) >= 11 is 1.76. The predicted octanol–water partition coefficient (Wildman–Crippen LogP) is 7.32. The molecule has 1 fully saturated rings. The Morgan fingerprint density at radius 3 is 2.16 bits per heavy atom. The van der Waals surface area contributed by atoms with Crippen LogP contribution < -0.4 is 4.74 Å². The maximum atomic E-state index is 5.85. The van der Waals surface area contributed by atoms with Gasteiger partial charge >= 0.3 is 0 Å². The molecule has 0 aliphatic carbocycles. The van der Waals surface area contributed by atoms with Gasteiger partial charge < -0.3 is 9.47 Å². The Bertz CT molecular complexity index is 736. The second-order valence-corrected chi connectivity index (χ2v) is 9.48. The van der Waals surface area contributed by atoms with Crippen molar-refractivity contribution in [2.75, 3.05) is 12.4 Å². The van der Waals surface area contributed by atoms with Crippen LogP contribution in [0.3, 0.4) is 0 Å². The van der Waals surface area contributed by atoms with Gasteiger partial charge in [0.25, 0.3) is 0 Å². The third kappa shape index (κ3) is 8.82. The molecule has 2 unspecified atom stereocenters. The molecular formula is C26H38N2O2S. The summed E-state index contributed by atoms with van der Waals surface area (Å²) in [5.74, 6) is 1.98. The maximum absolute atomic E-state index is 5.85. The summed E-state index contributed by atoms with van der Waals surface area (Å²) in [4.78, 5) is 9.09. The molecule has 5 heteroatoms. The summed E-state index contributed by atoms with van der Waals surface area (Å²) in [7, 11) is 0. The summed E-state index contributed by atoms with van der Waals surface area (Å²) in [5.41, 5.74) is 2.15. The summed E-state index contributed by atoms with van der Waals surface area (Å²) in [5, 5.41) is 0.873. The van der Waals surface area contributed by atoms with Gasteiger partial charge in [0, 0.05) is 23.7 Å². The van der Waals surface area contributed by atoms with Gasteiger partial charge in [-0.3, -0.25) is 0 Å². The first-order valence-corrected chi connectivity index (χ1v) is 13.1. The van der Waals surface area contributed by atoms with E-state index in [0.717, 1.165) is 40.6 Å². The van der Waals surface area contributed by atoms with E-state index in [9.17, 15) is 0 Å². The Balaban J connectivity index is 1.32. The fourth-order valence-corrected chi connectivity index (χ4v) is 4.51. The summed E-state index contributed by atoms with van der Waals surface area (Å²) in [6.45, 7) is 5.09. The smallest absolute Gasteiger partial charge is 0.187 e. The largest absolute Gasteiger partial charge is 0.491 e. The molecular weight excluding hydrogens is 404 g/mol. The first kappa shape index (κ1) is 24.1. The van der Waals surface area contributed by atoms with Crippen LogP contribution in [0.5, 0.6) is 5.75 Å². The first-order valence-electron chi connectivity index (χ1n) is 12.1. The molecule has 1 aromatic carbocycles. The molecule has 170 valence electrons. The van der Waals surface area contributed by atoms with E-state index in [1.54, 1.807) is 11.8 Å². The Morgan fingerprint density at radius 1 is 0.806 bits per heavy atom. The quantitative estimate of drug-likeness (QED) is 0.118. The molecule has 0 radical (unpaired) electrons. The maximum Gasteiger partial charge on any atom is 0.187 e. The topological polar surface area (TPSA) is 47.5 Å². The van der Waals surface area contributed by atoms with Crippen LogP contribution >= 0.6 is 11.8 Å². The Hall–Kier alpha value is -1.59. The molecule has 0 N–H and O–H groups in total. The summed E-state index contributed by atoms with van der Waals surface area (Å²) in [6.07, 6.45) is 17.6. The molecule has 4 nitrogen and oxygen atoms in total. The molecule has 1 aliphatic heterocycles. The number of unbranched alkanes of at least 4 members (excludes halogenated alkanes) is 7. The van der Waals surface area contributed by atoms with Crippen LogP contribution in [0.25, 0.3) is 11.1 Å². The standard InChI is InChI=1S/C26H38N2O2S/c1-3-5-6-7-8-9-10-11-17-31-26-27-18-22(19-28-26)21-13-15-23(16-14-21)29-20-25-24(30-25)12-4-2/h13-16,18-19,24-25H,3-12,17,20H2,1-2H3. The number of ether oxygens (including phenoxy) is 2. The van der Waals surface area contributed by atoms with Crippen LogP contribution in [0.1, 0.15) is 78.1 Å². The van der Waals surface area contributed by atoms with Crippen LogP contribution in [-0.4, -0.2) is 34.5 Å².